The van der Waals surface area contributed by atoms with Crippen LogP contribution in [0, 0.1) is 0 Å². The molecule has 0 aliphatic heterocycles. The minimum absolute atomic E-state index is 0.355. The minimum Gasteiger partial charge on any atom is -0.480 e. The van der Waals surface area contributed by atoms with Crippen LogP contribution in [0.15, 0.2) is 0 Å². The van der Waals surface area contributed by atoms with Crippen molar-refractivity contribution in [3.8, 4) is 0 Å². The van der Waals surface area contributed by atoms with E-state index < -0.39 is 25.9 Å². The summed E-state index contributed by atoms with van der Waals surface area (Å²) in [5.74, 6) is 0.465. The molecule has 0 radical (unpaired) electrons. The van der Waals surface area contributed by atoms with Crippen molar-refractivity contribution >= 4 is 25.3 Å². The Labute approximate surface area is 92.6 Å². The smallest absolute Gasteiger partial charge is 0.339 e. The fourth-order valence-corrected chi connectivity index (χ4v) is 2.04. The number of nitrogens with one attached hydrogen (secondary N) is 1. The number of carboxylic acids is 1. The predicted molar refractivity (Wildman–Crippen MR) is 59.1 cm³/mol. The lowest BCUT2D eigenvalue weighted by atomic mass is 10.2. The number of thioether (sulfide) groups is 1. The van der Waals surface area contributed by atoms with Crippen molar-refractivity contribution in [2.75, 3.05) is 17.8 Å². The van der Waals surface area contributed by atoms with Crippen LogP contribution < -0.4 is 5.32 Å². The summed E-state index contributed by atoms with van der Waals surface area (Å²) in [5.41, 5.74) is 0. The molecule has 0 fully saturated rings. The van der Waals surface area contributed by atoms with E-state index in [0.717, 1.165) is 5.75 Å². The number of rotatable bonds is 8. The Bertz CT molecular complexity index is 244. The third kappa shape index (κ3) is 8.89. The topological polar surface area (TPSA) is 107 Å². The Morgan fingerprint density at radius 1 is 1.53 bits per heavy atom. The van der Waals surface area contributed by atoms with E-state index in [9.17, 15) is 9.36 Å². The van der Waals surface area contributed by atoms with Crippen LogP contribution >= 0.6 is 19.4 Å². The van der Waals surface area contributed by atoms with Gasteiger partial charge in [0.1, 0.15) is 6.04 Å². The molecule has 1 unspecified atom stereocenters. The average Bonchev–Trinajstić information content (AvgIpc) is 2.08. The molecule has 6 nitrogen and oxygen atoms in total. The molecule has 90 valence electrons. The highest BCUT2D eigenvalue weighted by Crippen LogP contribution is 2.32. The van der Waals surface area contributed by atoms with Gasteiger partial charge in [0.05, 0.1) is 6.29 Å². The van der Waals surface area contributed by atoms with Crippen LogP contribution in [0.25, 0.3) is 0 Å². The van der Waals surface area contributed by atoms with Crippen molar-refractivity contribution < 1.29 is 24.3 Å². The molecule has 0 saturated carbocycles. The lowest BCUT2D eigenvalue weighted by molar-refractivity contribution is -0.139. The number of aliphatic carboxylic acids is 1. The van der Waals surface area contributed by atoms with Gasteiger partial charge in [-0.25, -0.2) is 0 Å². The van der Waals surface area contributed by atoms with Crippen molar-refractivity contribution in [2.45, 2.75) is 19.4 Å². The maximum absolute atomic E-state index is 10.7. The lowest BCUT2D eigenvalue weighted by Gasteiger charge is -2.14. The molecule has 4 N–H and O–H groups in total. The van der Waals surface area contributed by atoms with Crippen LogP contribution in [0.1, 0.15) is 13.3 Å². The van der Waals surface area contributed by atoms with Gasteiger partial charge in [-0.15, -0.1) is 0 Å². The highest BCUT2D eigenvalue weighted by molar-refractivity contribution is 7.99. The van der Waals surface area contributed by atoms with Gasteiger partial charge in [-0.3, -0.25) is 14.7 Å². The maximum Gasteiger partial charge on any atom is 0.339 e. The molecule has 0 spiro atoms. The third-order valence-corrected chi connectivity index (χ3v) is 3.12. The van der Waals surface area contributed by atoms with Gasteiger partial charge in [0.2, 0.25) is 0 Å². The van der Waals surface area contributed by atoms with Gasteiger partial charge in [0.15, 0.2) is 0 Å². The first-order valence-electron chi connectivity index (χ1n) is 4.45. The molecule has 0 aromatic rings. The average molecular weight is 257 g/mol. The number of carboxylic acid groups (broad SMARTS) is 1. The van der Waals surface area contributed by atoms with Gasteiger partial charge in [-0.05, 0) is 17.9 Å². The fraction of sp³-hybridized carbons (Fsp3) is 0.857. The molecule has 0 aromatic carbocycles. The van der Waals surface area contributed by atoms with Crippen LogP contribution in [0.4, 0.5) is 0 Å². The zero-order valence-electron chi connectivity index (χ0n) is 8.42. The molecule has 0 bridgehead atoms. The fourth-order valence-electron chi connectivity index (χ4n) is 0.887. The van der Waals surface area contributed by atoms with Crippen molar-refractivity contribution in [3.63, 3.8) is 0 Å². The van der Waals surface area contributed by atoms with Crippen LogP contribution in [0.2, 0.25) is 0 Å². The second-order valence-corrected chi connectivity index (χ2v) is 5.94. The summed E-state index contributed by atoms with van der Waals surface area (Å²) >= 11 is 1.59. The zero-order valence-corrected chi connectivity index (χ0v) is 10.1. The summed E-state index contributed by atoms with van der Waals surface area (Å²) < 4.78 is 10.5. The molecule has 0 aliphatic rings. The molecule has 0 heterocycles. The van der Waals surface area contributed by atoms with E-state index in [1.165, 1.54) is 0 Å². The molecule has 1 atom stereocenters. The Balaban J connectivity index is 3.95. The summed E-state index contributed by atoms with van der Waals surface area (Å²) in [6, 6.07) is -0.892. The van der Waals surface area contributed by atoms with E-state index in [-0.39, 0.29) is 0 Å². The third-order valence-electron chi connectivity index (χ3n) is 1.60. The predicted octanol–water partition coefficient (Wildman–Crippen LogP) is 0.308. The zero-order chi connectivity index (χ0) is 11.9. The van der Waals surface area contributed by atoms with Crippen LogP contribution in [0.3, 0.4) is 0 Å². The Hall–Kier alpha value is -0.0700. The molecule has 8 heteroatoms. The lowest BCUT2D eigenvalue weighted by Crippen LogP contribution is -2.37. The highest BCUT2D eigenvalue weighted by Gasteiger charge is 2.21. The van der Waals surface area contributed by atoms with E-state index in [1.807, 2.05) is 6.92 Å². The molecular weight excluding hydrogens is 241 g/mol. The minimum atomic E-state index is -4.18. The van der Waals surface area contributed by atoms with Crippen molar-refractivity contribution in [2.24, 2.45) is 0 Å². The monoisotopic (exact) mass is 257 g/mol. The number of hydrogen-bond acceptors (Lipinski definition) is 4. The second kappa shape index (κ2) is 7.24. The molecule has 0 aromatic heterocycles. The molecule has 0 amide bonds. The van der Waals surface area contributed by atoms with Gasteiger partial charge < -0.3 is 14.9 Å². The normalized spacial score (nSPS) is 13.8. The highest BCUT2D eigenvalue weighted by atomic mass is 32.2. The first-order chi connectivity index (χ1) is 6.87. The molecule has 0 aliphatic carbocycles. The van der Waals surface area contributed by atoms with E-state index in [2.05, 4.69) is 5.32 Å². The summed E-state index contributed by atoms with van der Waals surface area (Å²) in [6.45, 7) is 1.96. The maximum atomic E-state index is 10.7. The number of hydrogen-bond donors (Lipinski definition) is 4. The molecule has 0 rings (SSSR count). The standard InChI is InChI=1S/C7H16NO5PS/c1-2-15-4-3-6(7(9)10)8-5-14(11,12)13/h6,8H,2-5H2,1H3,(H,9,10)(H2,11,12,13). The Morgan fingerprint density at radius 2 is 2.13 bits per heavy atom. The molecule has 0 saturated heterocycles. The molecular formula is C7H16NO5PS. The largest absolute Gasteiger partial charge is 0.480 e. The Kier molecular flexibility index (Phi) is 7.21. The van der Waals surface area contributed by atoms with Crippen molar-refractivity contribution in [3.05, 3.63) is 0 Å². The van der Waals surface area contributed by atoms with E-state index >= 15 is 0 Å². The van der Waals surface area contributed by atoms with Gasteiger partial charge >= 0.3 is 13.6 Å². The quantitative estimate of drug-likeness (QED) is 0.366. The number of carbonyl (C=O) groups is 1. The summed E-state index contributed by atoms with van der Waals surface area (Å²) in [7, 11) is -4.18. The summed E-state index contributed by atoms with van der Waals surface area (Å²) in [5, 5.41) is 11.1. The van der Waals surface area contributed by atoms with Crippen molar-refractivity contribution in [1.29, 1.82) is 0 Å². The van der Waals surface area contributed by atoms with Crippen LogP contribution in [0.5, 0.6) is 0 Å². The molecule has 15 heavy (non-hydrogen) atoms. The van der Waals surface area contributed by atoms with Gasteiger partial charge in [0, 0.05) is 0 Å². The first kappa shape index (κ1) is 14.9. The summed E-state index contributed by atoms with van der Waals surface area (Å²) in [6.07, 6.45) is -0.241. The first-order valence-corrected chi connectivity index (χ1v) is 7.40. The van der Waals surface area contributed by atoms with E-state index in [4.69, 9.17) is 14.9 Å². The van der Waals surface area contributed by atoms with Gasteiger partial charge in [0.25, 0.3) is 0 Å². The van der Waals surface area contributed by atoms with E-state index in [0.29, 0.717) is 12.2 Å². The van der Waals surface area contributed by atoms with Gasteiger partial charge in [-0.1, -0.05) is 6.92 Å². The Morgan fingerprint density at radius 3 is 2.53 bits per heavy atom. The second-order valence-electron chi connectivity index (χ2n) is 2.90. The SMILES string of the molecule is CCSCCC(NCP(=O)(O)O)C(=O)O. The van der Waals surface area contributed by atoms with Crippen LogP contribution in [-0.2, 0) is 9.36 Å². The van der Waals surface area contributed by atoms with Crippen molar-refractivity contribution in [1.82, 2.24) is 5.32 Å². The van der Waals surface area contributed by atoms with Gasteiger partial charge in [-0.2, -0.15) is 11.8 Å². The summed E-state index contributed by atoms with van der Waals surface area (Å²) in [4.78, 5) is 27.8. The van der Waals surface area contributed by atoms with Crippen LogP contribution in [-0.4, -0.2) is 44.7 Å². The van der Waals surface area contributed by atoms with E-state index in [1.54, 1.807) is 11.8 Å².